The average molecular weight is 326 g/mol. The fraction of sp³-hybridized carbons (Fsp3) is 0.267. The molecule has 0 amide bonds. The number of aromatic nitrogens is 1. The van der Waals surface area contributed by atoms with Gasteiger partial charge in [0.25, 0.3) is 0 Å². The van der Waals surface area contributed by atoms with Crippen LogP contribution in [0, 0.1) is 6.92 Å². The number of halogens is 2. The van der Waals surface area contributed by atoms with E-state index in [2.05, 4.69) is 15.6 Å². The second-order valence-electron chi connectivity index (χ2n) is 4.49. The Kier molecular flexibility index (Phi) is 5.15. The van der Waals surface area contributed by atoms with E-state index in [4.69, 9.17) is 27.9 Å². The minimum absolute atomic E-state index is 0.468. The summed E-state index contributed by atoms with van der Waals surface area (Å²) in [6, 6.07) is 7.45. The Balaban J connectivity index is 2.30. The highest BCUT2D eigenvalue weighted by molar-refractivity contribution is 6.37. The van der Waals surface area contributed by atoms with Crippen LogP contribution >= 0.6 is 23.2 Å². The first-order valence-electron chi connectivity index (χ1n) is 6.56. The second kappa shape index (κ2) is 6.87. The number of methoxy groups -OCH3 is 1. The van der Waals surface area contributed by atoms with Crippen molar-refractivity contribution in [1.29, 1.82) is 0 Å². The summed E-state index contributed by atoms with van der Waals surface area (Å²) in [6.07, 6.45) is 0. The minimum Gasteiger partial charge on any atom is -0.496 e. The molecule has 0 aliphatic heterocycles. The molecule has 0 aliphatic rings. The Labute approximate surface area is 134 Å². The molecule has 0 unspecified atom stereocenters. The Hall–Kier alpha value is -1.65. The number of anilines is 3. The molecular weight excluding hydrogens is 309 g/mol. The zero-order valence-electron chi connectivity index (χ0n) is 12.1. The van der Waals surface area contributed by atoms with E-state index in [1.54, 1.807) is 13.2 Å². The van der Waals surface area contributed by atoms with Crippen molar-refractivity contribution in [2.45, 2.75) is 13.8 Å². The summed E-state index contributed by atoms with van der Waals surface area (Å²) in [6.45, 7) is 4.69. The minimum atomic E-state index is 0.468. The van der Waals surface area contributed by atoms with Gasteiger partial charge in [0.05, 0.1) is 17.2 Å². The molecule has 0 spiro atoms. The third-order valence-corrected chi connectivity index (χ3v) is 3.51. The number of benzene rings is 1. The van der Waals surface area contributed by atoms with Gasteiger partial charge in [-0.15, -0.1) is 0 Å². The number of pyridine rings is 1. The number of hydrogen-bond acceptors (Lipinski definition) is 4. The number of hydrogen-bond donors (Lipinski definition) is 2. The molecule has 21 heavy (non-hydrogen) atoms. The highest BCUT2D eigenvalue weighted by Crippen LogP contribution is 2.32. The lowest BCUT2D eigenvalue weighted by Crippen LogP contribution is -2.03. The lowest BCUT2D eigenvalue weighted by molar-refractivity contribution is 0.412. The average Bonchev–Trinajstić information content (AvgIpc) is 2.44. The highest BCUT2D eigenvalue weighted by atomic mass is 35.5. The van der Waals surface area contributed by atoms with Crippen molar-refractivity contribution in [2.75, 3.05) is 24.3 Å². The normalized spacial score (nSPS) is 10.3. The molecule has 112 valence electrons. The van der Waals surface area contributed by atoms with Crippen molar-refractivity contribution < 1.29 is 4.74 Å². The topological polar surface area (TPSA) is 46.2 Å². The van der Waals surface area contributed by atoms with E-state index < -0.39 is 0 Å². The van der Waals surface area contributed by atoms with Crippen LogP contribution in [0.1, 0.15) is 12.5 Å². The zero-order valence-corrected chi connectivity index (χ0v) is 13.6. The predicted molar refractivity (Wildman–Crippen MR) is 89.4 cm³/mol. The maximum absolute atomic E-state index is 6.19. The predicted octanol–water partition coefficient (Wildman–Crippen LogP) is 4.88. The lowest BCUT2D eigenvalue weighted by atomic mass is 10.2. The van der Waals surface area contributed by atoms with Crippen molar-refractivity contribution in [2.24, 2.45) is 0 Å². The first kappa shape index (κ1) is 15.7. The Bertz CT molecular complexity index is 647. The highest BCUT2D eigenvalue weighted by Gasteiger charge is 2.10. The first-order valence-corrected chi connectivity index (χ1v) is 7.32. The third kappa shape index (κ3) is 3.71. The van der Waals surface area contributed by atoms with Gasteiger partial charge < -0.3 is 15.4 Å². The van der Waals surface area contributed by atoms with Crippen LogP contribution in [0.2, 0.25) is 10.0 Å². The maximum atomic E-state index is 6.19. The van der Waals surface area contributed by atoms with Crippen molar-refractivity contribution >= 4 is 40.5 Å². The molecule has 2 N–H and O–H groups in total. The van der Waals surface area contributed by atoms with Gasteiger partial charge in [0.2, 0.25) is 0 Å². The molecule has 6 heteroatoms. The van der Waals surface area contributed by atoms with Crippen molar-refractivity contribution in [1.82, 2.24) is 4.98 Å². The Morgan fingerprint density at radius 2 is 1.86 bits per heavy atom. The summed E-state index contributed by atoms with van der Waals surface area (Å²) >= 11 is 12.3. The van der Waals surface area contributed by atoms with Crippen molar-refractivity contribution in [3.05, 3.63) is 39.9 Å². The van der Waals surface area contributed by atoms with E-state index in [9.17, 15) is 0 Å². The second-order valence-corrected chi connectivity index (χ2v) is 5.30. The van der Waals surface area contributed by atoms with Gasteiger partial charge in [-0.25, -0.2) is 4.98 Å². The molecule has 0 aliphatic carbocycles. The van der Waals surface area contributed by atoms with E-state index in [-0.39, 0.29) is 0 Å². The van der Waals surface area contributed by atoms with E-state index in [1.165, 1.54) is 0 Å². The molecule has 1 aromatic heterocycles. The number of nitrogens with zero attached hydrogens (tertiary/aromatic N) is 1. The molecular formula is C15H17Cl2N3O. The van der Waals surface area contributed by atoms with Crippen LogP contribution in [-0.2, 0) is 0 Å². The zero-order chi connectivity index (χ0) is 15.4. The smallest absolute Gasteiger partial charge is 0.151 e. The summed E-state index contributed by atoms with van der Waals surface area (Å²) in [5.74, 6) is 2.00. The third-order valence-electron chi connectivity index (χ3n) is 2.93. The Morgan fingerprint density at radius 1 is 1.14 bits per heavy atom. The van der Waals surface area contributed by atoms with Gasteiger partial charge >= 0.3 is 0 Å². The van der Waals surface area contributed by atoms with Crippen LogP contribution in [0.4, 0.5) is 17.3 Å². The molecule has 0 atom stereocenters. The standard InChI is InChI=1S/C15H17Cl2N3O/c1-4-18-14-11(16)8-12(17)15(20-14)19-10-5-6-13(21-3)9(2)7-10/h5-8H,4H2,1-3H3,(H2,18,19,20). The molecule has 0 saturated carbocycles. The van der Waals surface area contributed by atoms with Crippen molar-refractivity contribution in [3.63, 3.8) is 0 Å². The summed E-state index contributed by atoms with van der Waals surface area (Å²) < 4.78 is 5.24. The fourth-order valence-corrected chi connectivity index (χ4v) is 2.41. The molecule has 2 aromatic rings. The molecule has 2 rings (SSSR count). The van der Waals surface area contributed by atoms with Gasteiger partial charge in [-0.2, -0.15) is 0 Å². The molecule has 4 nitrogen and oxygen atoms in total. The summed E-state index contributed by atoms with van der Waals surface area (Å²) in [5, 5.41) is 7.26. The largest absolute Gasteiger partial charge is 0.496 e. The van der Waals surface area contributed by atoms with Crippen LogP contribution < -0.4 is 15.4 Å². The summed E-state index contributed by atoms with van der Waals surface area (Å²) in [5.41, 5.74) is 1.91. The van der Waals surface area contributed by atoms with Crippen LogP contribution in [0.3, 0.4) is 0 Å². The van der Waals surface area contributed by atoms with Crippen molar-refractivity contribution in [3.8, 4) is 5.75 Å². The van der Waals surface area contributed by atoms with Gasteiger partial charge in [-0.1, -0.05) is 23.2 Å². The fourth-order valence-electron chi connectivity index (χ4n) is 1.94. The molecule has 0 fully saturated rings. The maximum Gasteiger partial charge on any atom is 0.151 e. The SMILES string of the molecule is CCNc1nc(Nc2ccc(OC)c(C)c2)c(Cl)cc1Cl. The van der Waals surface area contributed by atoms with E-state index >= 15 is 0 Å². The van der Waals surface area contributed by atoms with Crippen LogP contribution in [-0.4, -0.2) is 18.6 Å². The van der Waals surface area contributed by atoms with E-state index in [0.717, 1.165) is 23.5 Å². The molecule has 0 bridgehead atoms. The van der Waals surface area contributed by atoms with E-state index in [1.807, 2.05) is 32.0 Å². The summed E-state index contributed by atoms with van der Waals surface area (Å²) in [7, 11) is 1.65. The van der Waals surface area contributed by atoms with Gasteiger partial charge in [0, 0.05) is 12.2 Å². The van der Waals surface area contributed by atoms with E-state index in [0.29, 0.717) is 21.7 Å². The van der Waals surface area contributed by atoms with Crippen LogP contribution in [0.5, 0.6) is 5.75 Å². The van der Waals surface area contributed by atoms with Gasteiger partial charge in [-0.3, -0.25) is 0 Å². The molecule has 1 heterocycles. The monoisotopic (exact) mass is 325 g/mol. The molecule has 1 aromatic carbocycles. The van der Waals surface area contributed by atoms with Gasteiger partial charge in [-0.05, 0) is 43.7 Å². The number of ether oxygens (including phenoxy) is 1. The number of rotatable bonds is 5. The molecule has 0 radical (unpaired) electrons. The van der Waals surface area contributed by atoms with Crippen LogP contribution in [0.15, 0.2) is 24.3 Å². The van der Waals surface area contributed by atoms with Crippen LogP contribution in [0.25, 0.3) is 0 Å². The quantitative estimate of drug-likeness (QED) is 0.822. The van der Waals surface area contributed by atoms with Gasteiger partial charge in [0.15, 0.2) is 5.82 Å². The van der Waals surface area contributed by atoms with Gasteiger partial charge in [0.1, 0.15) is 11.6 Å². The first-order chi connectivity index (χ1) is 10.0. The molecule has 0 saturated heterocycles. The number of aryl methyl sites for hydroxylation is 1. The lowest BCUT2D eigenvalue weighted by Gasteiger charge is -2.13. The number of nitrogens with one attached hydrogen (secondary N) is 2. The summed E-state index contributed by atoms with van der Waals surface area (Å²) in [4.78, 5) is 4.41. The Morgan fingerprint density at radius 3 is 2.48 bits per heavy atom.